The molecule has 5 heteroatoms. The van der Waals surface area contributed by atoms with Crippen LogP contribution < -0.4 is 11.1 Å². The molecule has 3 N–H and O–H groups in total. The highest BCUT2D eigenvalue weighted by Crippen LogP contribution is 2.27. The fourth-order valence-corrected chi connectivity index (χ4v) is 2.64. The molecule has 2 aromatic rings. The van der Waals surface area contributed by atoms with Gasteiger partial charge >= 0.3 is 0 Å². The zero-order valence-electron chi connectivity index (χ0n) is 12.2. The first-order valence-corrected chi connectivity index (χ1v) is 7.85. The summed E-state index contributed by atoms with van der Waals surface area (Å²) in [5, 5.41) is 2.87. The van der Waals surface area contributed by atoms with Crippen LogP contribution in [0.4, 0.5) is 11.4 Å². The predicted octanol–water partition coefficient (Wildman–Crippen LogP) is 3.73. The van der Waals surface area contributed by atoms with E-state index in [4.69, 9.17) is 5.73 Å². The lowest BCUT2D eigenvalue weighted by Gasteiger charge is -2.10. The summed E-state index contributed by atoms with van der Waals surface area (Å²) < 4.78 is 0. The van der Waals surface area contributed by atoms with Crippen LogP contribution in [0.2, 0.25) is 0 Å². The van der Waals surface area contributed by atoms with Crippen LogP contribution in [0.25, 0.3) is 0 Å². The van der Waals surface area contributed by atoms with E-state index in [2.05, 4.69) is 17.2 Å². The summed E-state index contributed by atoms with van der Waals surface area (Å²) in [6, 6.07) is 9.16. The number of thioether (sulfide) groups is 1. The van der Waals surface area contributed by atoms with Crippen LogP contribution in [-0.2, 0) is 0 Å². The van der Waals surface area contributed by atoms with Gasteiger partial charge in [0.25, 0.3) is 5.91 Å². The van der Waals surface area contributed by atoms with Crippen molar-refractivity contribution in [1.29, 1.82) is 0 Å². The summed E-state index contributed by atoms with van der Waals surface area (Å²) in [5.74, 6) is 0.866. The Morgan fingerprint density at radius 3 is 2.86 bits per heavy atom. The molecule has 4 nitrogen and oxygen atoms in total. The van der Waals surface area contributed by atoms with Crippen molar-refractivity contribution in [2.75, 3.05) is 16.8 Å². The summed E-state index contributed by atoms with van der Waals surface area (Å²) >= 11 is 1.75. The van der Waals surface area contributed by atoms with Crippen molar-refractivity contribution in [3.05, 3.63) is 47.8 Å². The molecule has 1 aromatic carbocycles. The third-order valence-electron chi connectivity index (χ3n) is 2.90. The van der Waals surface area contributed by atoms with Gasteiger partial charge in [0.1, 0.15) is 0 Å². The number of anilines is 2. The van der Waals surface area contributed by atoms with E-state index in [0.29, 0.717) is 16.9 Å². The minimum absolute atomic E-state index is 0.176. The lowest BCUT2D eigenvalue weighted by Crippen LogP contribution is -2.13. The molecule has 1 heterocycles. The van der Waals surface area contributed by atoms with Gasteiger partial charge < -0.3 is 11.1 Å². The Kier molecular flexibility index (Phi) is 5.22. The number of nitrogen functional groups attached to an aromatic ring is 1. The lowest BCUT2D eigenvalue weighted by molar-refractivity contribution is 0.102. The maximum Gasteiger partial charge on any atom is 0.255 e. The first-order chi connectivity index (χ1) is 10.1. The van der Waals surface area contributed by atoms with Gasteiger partial charge in [0.15, 0.2) is 0 Å². The molecule has 0 aliphatic rings. The highest BCUT2D eigenvalue weighted by molar-refractivity contribution is 7.99. The molecule has 21 heavy (non-hydrogen) atoms. The second-order valence-corrected chi connectivity index (χ2v) is 5.91. The van der Waals surface area contributed by atoms with Crippen LogP contribution in [0.3, 0.4) is 0 Å². The molecule has 1 aromatic heterocycles. The Hall–Kier alpha value is -2.01. The number of aromatic nitrogens is 1. The Morgan fingerprint density at radius 1 is 1.33 bits per heavy atom. The third kappa shape index (κ3) is 4.23. The fourth-order valence-electron chi connectivity index (χ4n) is 1.83. The van der Waals surface area contributed by atoms with Gasteiger partial charge in [-0.3, -0.25) is 9.78 Å². The van der Waals surface area contributed by atoms with Gasteiger partial charge in [-0.1, -0.05) is 6.92 Å². The molecule has 2 rings (SSSR count). The van der Waals surface area contributed by atoms with Gasteiger partial charge in [-0.05, 0) is 49.4 Å². The normalized spacial score (nSPS) is 10.4. The number of rotatable bonds is 5. The highest BCUT2D eigenvalue weighted by Gasteiger charge is 2.09. The quantitative estimate of drug-likeness (QED) is 0.652. The highest BCUT2D eigenvalue weighted by atomic mass is 32.2. The lowest BCUT2D eigenvalue weighted by atomic mass is 10.2. The van der Waals surface area contributed by atoms with E-state index in [1.54, 1.807) is 30.1 Å². The smallest absolute Gasteiger partial charge is 0.255 e. The van der Waals surface area contributed by atoms with Gasteiger partial charge in [-0.2, -0.15) is 0 Å². The van der Waals surface area contributed by atoms with Crippen LogP contribution in [0, 0.1) is 6.92 Å². The zero-order chi connectivity index (χ0) is 15.2. The molecule has 0 spiro atoms. The molecular weight excluding hydrogens is 282 g/mol. The first kappa shape index (κ1) is 15.4. The van der Waals surface area contributed by atoms with Gasteiger partial charge in [0.2, 0.25) is 0 Å². The van der Waals surface area contributed by atoms with Gasteiger partial charge in [-0.15, -0.1) is 11.8 Å². The molecule has 110 valence electrons. The molecule has 0 fully saturated rings. The number of pyridine rings is 1. The van der Waals surface area contributed by atoms with E-state index in [1.807, 2.05) is 25.1 Å². The molecular formula is C16H19N3OS. The number of amides is 1. The minimum Gasteiger partial charge on any atom is -0.397 e. The van der Waals surface area contributed by atoms with Crippen molar-refractivity contribution in [3.8, 4) is 0 Å². The average Bonchev–Trinajstić information content (AvgIpc) is 2.48. The van der Waals surface area contributed by atoms with Crippen molar-refractivity contribution >= 4 is 29.0 Å². The zero-order valence-corrected chi connectivity index (χ0v) is 13.0. The number of hydrogen-bond acceptors (Lipinski definition) is 4. The number of nitrogens with one attached hydrogen (secondary N) is 1. The van der Waals surface area contributed by atoms with Gasteiger partial charge in [-0.25, -0.2) is 0 Å². The number of hydrogen-bond donors (Lipinski definition) is 2. The van der Waals surface area contributed by atoms with E-state index in [9.17, 15) is 4.79 Å². The van der Waals surface area contributed by atoms with E-state index < -0.39 is 0 Å². The van der Waals surface area contributed by atoms with Crippen molar-refractivity contribution in [2.24, 2.45) is 0 Å². The second kappa shape index (κ2) is 7.13. The first-order valence-electron chi connectivity index (χ1n) is 6.86. The summed E-state index contributed by atoms with van der Waals surface area (Å²) in [4.78, 5) is 17.4. The SMILES string of the molecule is CCCSc1ccc(N)c(NC(=O)c2ccnc(C)c2)c1. The monoisotopic (exact) mass is 301 g/mol. The van der Waals surface area contributed by atoms with Crippen LogP contribution in [0.15, 0.2) is 41.4 Å². The van der Waals surface area contributed by atoms with E-state index in [1.165, 1.54) is 0 Å². The van der Waals surface area contributed by atoms with E-state index in [0.717, 1.165) is 22.8 Å². The molecule has 0 aliphatic carbocycles. The number of benzene rings is 1. The van der Waals surface area contributed by atoms with E-state index >= 15 is 0 Å². The van der Waals surface area contributed by atoms with Crippen molar-refractivity contribution < 1.29 is 4.79 Å². The molecule has 0 saturated carbocycles. The molecule has 0 aliphatic heterocycles. The summed E-state index contributed by atoms with van der Waals surface area (Å²) in [6.07, 6.45) is 2.73. The third-order valence-corrected chi connectivity index (χ3v) is 4.10. The van der Waals surface area contributed by atoms with Crippen LogP contribution in [0.5, 0.6) is 0 Å². The maximum atomic E-state index is 12.2. The summed E-state index contributed by atoms with van der Waals surface area (Å²) in [6.45, 7) is 3.99. The van der Waals surface area contributed by atoms with Gasteiger partial charge in [0, 0.05) is 22.3 Å². The van der Waals surface area contributed by atoms with Crippen LogP contribution >= 0.6 is 11.8 Å². The Labute approximate surface area is 129 Å². The summed E-state index contributed by atoms with van der Waals surface area (Å²) in [5.41, 5.74) is 8.54. The average molecular weight is 301 g/mol. The van der Waals surface area contributed by atoms with E-state index in [-0.39, 0.29) is 5.91 Å². The Bertz CT molecular complexity index is 643. The maximum absolute atomic E-state index is 12.2. The summed E-state index contributed by atoms with van der Waals surface area (Å²) in [7, 11) is 0. The molecule has 0 unspecified atom stereocenters. The fraction of sp³-hybridized carbons (Fsp3) is 0.250. The Morgan fingerprint density at radius 2 is 2.14 bits per heavy atom. The van der Waals surface area contributed by atoms with Crippen molar-refractivity contribution in [3.63, 3.8) is 0 Å². The standard InChI is InChI=1S/C16H19N3OS/c1-3-8-21-13-4-5-14(17)15(10-13)19-16(20)12-6-7-18-11(2)9-12/h4-7,9-10H,3,8,17H2,1-2H3,(H,19,20). The van der Waals surface area contributed by atoms with Crippen molar-refractivity contribution in [2.45, 2.75) is 25.2 Å². The van der Waals surface area contributed by atoms with Crippen LogP contribution in [-0.4, -0.2) is 16.6 Å². The molecule has 1 amide bonds. The number of carbonyl (C=O) groups is 1. The largest absolute Gasteiger partial charge is 0.397 e. The number of aryl methyl sites for hydroxylation is 1. The van der Waals surface area contributed by atoms with Crippen LogP contribution in [0.1, 0.15) is 29.4 Å². The molecule has 0 bridgehead atoms. The minimum atomic E-state index is -0.176. The number of nitrogens with two attached hydrogens (primary N) is 1. The number of nitrogens with zero attached hydrogens (tertiary/aromatic N) is 1. The number of carbonyl (C=O) groups excluding carboxylic acids is 1. The van der Waals surface area contributed by atoms with Gasteiger partial charge in [0.05, 0.1) is 11.4 Å². The molecule has 0 saturated heterocycles. The predicted molar refractivity (Wildman–Crippen MR) is 88.8 cm³/mol. The molecule has 0 radical (unpaired) electrons. The second-order valence-electron chi connectivity index (χ2n) is 4.74. The van der Waals surface area contributed by atoms with Crippen molar-refractivity contribution in [1.82, 2.24) is 4.98 Å². The molecule has 0 atom stereocenters. The Balaban J connectivity index is 2.16. The topological polar surface area (TPSA) is 68.0 Å².